The summed E-state index contributed by atoms with van der Waals surface area (Å²) in [6.07, 6.45) is 2.46. The van der Waals surface area contributed by atoms with Crippen LogP contribution in [0.5, 0.6) is 57.5 Å². The van der Waals surface area contributed by atoms with Crippen LogP contribution < -0.4 is 44.8 Å². The van der Waals surface area contributed by atoms with Gasteiger partial charge in [0.15, 0.2) is 57.5 Å². The zero-order valence-electron chi connectivity index (χ0n) is 50.9. The molecule has 0 spiro atoms. The number of phenolic OH excluding ortho intramolecular Hbond substituents is 4. The quantitative estimate of drug-likeness (QED) is 0.0148. The summed E-state index contributed by atoms with van der Waals surface area (Å²) in [6, 6.07) is 42.4. The minimum absolute atomic E-state index is 0.0603. The molecule has 0 bridgehead atoms. The van der Waals surface area contributed by atoms with Crippen molar-refractivity contribution in [3.8, 4) is 57.5 Å². The molecule has 8 aromatic carbocycles. The van der Waals surface area contributed by atoms with Crippen molar-refractivity contribution in [2.24, 2.45) is 10.7 Å². The predicted octanol–water partition coefficient (Wildman–Crippen LogP) is 7.73. The molecule has 0 saturated heterocycles. The number of phenols is 4. The smallest absolute Gasteiger partial charge is 0.161 e. The topological polar surface area (TPSA) is 337 Å². The van der Waals surface area contributed by atoms with E-state index in [9.17, 15) is 45.6 Å². The van der Waals surface area contributed by atoms with E-state index >= 15 is 0 Å². The lowest BCUT2D eigenvalue weighted by Gasteiger charge is -2.11. The van der Waals surface area contributed by atoms with Crippen LogP contribution >= 0.6 is 0 Å². The molecule has 0 radical (unpaired) electrons. The second kappa shape index (κ2) is 39.5. The van der Waals surface area contributed by atoms with E-state index in [4.69, 9.17) is 44.4 Å². The highest BCUT2D eigenvalue weighted by atomic mass is 16.5. The molecule has 0 fully saturated rings. The second-order valence-corrected chi connectivity index (χ2v) is 19.3. The standard InChI is InChI=1S/C18H23NO4.C18H21NO4.C14H15NO4.C9H13NO2.C9H10O3/c2*1-22-17-6-4-14(8-18(17)23-2)10-19-9-13-3-5-15(11-20)16(7-13)12-21;16-11-3-1-9(5-13(11)18)7-15-8-10-2-4-12(17)14(19)6-10;1-11-8-4-3-7(6-10)5-9(8)12-2;10-4-7-1-2-8(5-11)9(3-7)6-12/h3-8,19-21H,9-12H2,1-2H3;3-9,20-21H,10-12H2,1-2H3;1-6,15-19H,7-8H2;3-5H,6,10H2,1-2H3;1-4,11-12H,5-6H2. The minimum Gasteiger partial charge on any atom is -0.504 e. The zero-order chi connectivity index (χ0) is 65.1. The Balaban J connectivity index is 0.000000244. The summed E-state index contributed by atoms with van der Waals surface area (Å²) >= 11 is 0. The lowest BCUT2D eigenvalue weighted by Crippen LogP contribution is -2.13. The Hall–Kier alpha value is -9.26. The summed E-state index contributed by atoms with van der Waals surface area (Å²) in [7, 11) is 9.66. The van der Waals surface area contributed by atoms with Crippen LogP contribution in [0.3, 0.4) is 0 Å². The van der Waals surface area contributed by atoms with Crippen molar-refractivity contribution in [1.82, 2.24) is 10.6 Å². The Morgan fingerprint density at radius 3 is 1.09 bits per heavy atom. The molecule has 21 nitrogen and oxygen atoms in total. The van der Waals surface area contributed by atoms with Gasteiger partial charge in [-0.1, -0.05) is 72.8 Å². The summed E-state index contributed by atoms with van der Waals surface area (Å²) in [5, 5.41) is 98.2. The highest BCUT2D eigenvalue weighted by Crippen LogP contribution is 2.31. The molecule has 14 N–H and O–H groups in total. The third-order valence-corrected chi connectivity index (χ3v) is 13.4. The van der Waals surface area contributed by atoms with Crippen molar-refractivity contribution >= 4 is 12.5 Å². The number of aliphatic imine (C=N–C) groups is 1. The number of ether oxygens (including phenoxy) is 6. The van der Waals surface area contributed by atoms with Crippen LogP contribution in [0.15, 0.2) is 151 Å². The van der Waals surface area contributed by atoms with E-state index in [0.717, 1.165) is 67.1 Å². The van der Waals surface area contributed by atoms with Crippen molar-refractivity contribution in [2.45, 2.75) is 78.9 Å². The molecule has 0 aliphatic heterocycles. The van der Waals surface area contributed by atoms with Crippen molar-refractivity contribution in [3.63, 3.8) is 0 Å². The van der Waals surface area contributed by atoms with Crippen molar-refractivity contribution < 1.29 is 84.3 Å². The van der Waals surface area contributed by atoms with E-state index in [-0.39, 0.29) is 62.6 Å². The molecule has 89 heavy (non-hydrogen) atoms. The highest BCUT2D eigenvalue weighted by molar-refractivity contribution is 5.80. The Morgan fingerprint density at radius 2 is 0.685 bits per heavy atom. The number of hydrogen-bond donors (Lipinski definition) is 13. The fourth-order valence-corrected chi connectivity index (χ4v) is 8.43. The monoisotopic (exact) mass is 1230 g/mol. The van der Waals surface area contributed by atoms with Gasteiger partial charge in [0.2, 0.25) is 0 Å². The van der Waals surface area contributed by atoms with Crippen molar-refractivity contribution in [1.29, 1.82) is 0 Å². The van der Waals surface area contributed by atoms with E-state index in [1.807, 2.05) is 84.9 Å². The Morgan fingerprint density at radius 1 is 0.360 bits per heavy atom. The summed E-state index contributed by atoms with van der Waals surface area (Å²) in [6.45, 7) is 2.82. The second-order valence-electron chi connectivity index (χ2n) is 19.3. The average molecular weight is 1230 g/mol. The maximum Gasteiger partial charge on any atom is 0.161 e. The lowest BCUT2D eigenvalue weighted by molar-refractivity contribution is 0.112. The first kappa shape index (κ1) is 72.2. The molecular weight excluding hydrogens is 1140 g/mol. The molecule has 476 valence electrons. The SMILES string of the molecule is COc1ccc(CN)cc1OC.COc1ccc(CN=Cc2ccc(CO)c(CO)c2)cc1OC.COc1ccc(CNCc2ccc(CO)c(CO)c2)cc1OC.O=Cc1ccc(CO)c(CO)c1.Oc1ccc(CNCc2ccc(O)c(O)c2)cc1O. The fourth-order valence-electron chi connectivity index (χ4n) is 8.43. The summed E-state index contributed by atoms with van der Waals surface area (Å²) < 4.78 is 31.2. The van der Waals surface area contributed by atoms with E-state index in [1.54, 1.807) is 85.3 Å². The van der Waals surface area contributed by atoms with Gasteiger partial charge in [0.1, 0.15) is 6.29 Å². The zero-order valence-corrected chi connectivity index (χ0v) is 50.9. The van der Waals surface area contributed by atoms with Crippen LogP contribution in [0.4, 0.5) is 0 Å². The number of nitrogens with one attached hydrogen (secondary N) is 2. The van der Waals surface area contributed by atoms with Gasteiger partial charge in [-0.15, -0.1) is 0 Å². The Kier molecular flexibility index (Phi) is 32.1. The number of aliphatic hydroxyl groups is 6. The van der Waals surface area contributed by atoms with E-state index in [0.29, 0.717) is 90.8 Å². The number of methoxy groups -OCH3 is 6. The number of aromatic hydroxyl groups is 4. The van der Waals surface area contributed by atoms with E-state index in [1.165, 1.54) is 24.3 Å². The summed E-state index contributed by atoms with van der Waals surface area (Å²) in [5.41, 5.74) is 16.9. The normalized spacial score (nSPS) is 10.4. The summed E-state index contributed by atoms with van der Waals surface area (Å²) in [5.74, 6) is 3.64. The van der Waals surface area contributed by atoms with E-state index in [2.05, 4.69) is 15.6 Å². The number of carbonyl (C=O) groups is 1. The van der Waals surface area contributed by atoms with Crippen molar-refractivity contribution in [3.05, 3.63) is 223 Å². The van der Waals surface area contributed by atoms with Gasteiger partial charge < -0.3 is 95.9 Å². The molecule has 0 unspecified atom stereocenters. The Bertz CT molecular complexity index is 3360. The molecule has 8 rings (SSSR count). The van der Waals surface area contributed by atoms with Gasteiger partial charge in [-0.3, -0.25) is 9.79 Å². The van der Waals surface area contributed by atoms with Gasteiger partial charge in [0.05, 0.1) is 88.8 Å². The first-order valence-electron chi connectivity index (χ1n) is 27.8. The third-order valence-electron chi connectivity index (χ3n) is 13.4. The number of hydrogen-bond acceptors (Lipinski definition) is 21. The molecule has 0 heterocycles. The summed E-state index contributed by atoms with van der Waals surface area (Å²) in [4.78, 5) is 14.7. The lowest BCUT2D eigenvalue weighted by atomic mass is 10.0. The first-order valence-corrected chi connectivity index (χ1v) is 27.8. The molecule has 0 saturated carbocycles. The molecule has 0 aromatic heterocycles. The van der Waals surface area contributed by atoms with Gasteiger partial charge >= 0.3 is 0 Å². The molecule has 0 aliphatic carbocycles. The maximum absolute atomic E-state index is 10.3. The van der Waals surface area contributed by atoms with Crippen LogP contribution in [0, 0.1) is 0 Å². The third kappa shape index (κ3) is 23.4. The molecule has 8 aromatic rings. The number of nitrogens with zero attached hydrogens (tertiary/aromatic N) is 1. The maximum atomic E-state index is 10.3. The van der Waals surface area contributed by atoms with E-state index < -0.39 is 0 Å². The van der Waals surface area contributed by atoms with Crippen LogP contribution in [0.25, 0.3) is 0 Å². The molecule has 0 aliphatic rings. The Labute approximate surface area is 518 Å². The van der Waals surface area contributed by atoms with Crippen LogP contribution in [-0.2, 0) is 78.9 Å². The van der Waals surface area contributed by atoms with Gasteiger partial charge in [0.25, 0.3) is 0 Å². The number of benzene rings is 8. The first-order chi connectivity index (χ1) is 43.1. The number of aldehydes is 1. The average Bonchev–Trinajstić information content (AvgIpc) is 3.77. The number of nitrogens with two attached hydrogens (primary N) is 1. The van der Waals surface area contributed by atoms with Crippen LogP contribution in [0.2, 0.25) is 0 Å². The highest BCUT2D eigenvalue weighted by Gasteiger charge is 2.09. The molecular formula is C68H82N4O17. The molecule has 0 amide bonds. The number of carbonyl (C=O) groups excluding carboxylic acids is 1. The van der Waals surface area contributed by atoms with Gasteiger partial charge in [0, 0.05) is 44.5 Å². The largest absolute Gasteiger partial charge is 0.504 e. The van der Waals surface area contributed by atoms with Crippen LogP contribution in [0.1, 0.15) is 82.7 Å². The van der Waals surface area contributed by atoms with Gasteiger partial charge in [-0.05, 0) is 145 Å². The van der Waals surface area contributed by atoms with Gasteiger partial charge in [-0.2, -0.15) is 0 Å². The molecule has 0 atom stereocenters. The predicted molar refractivity (Wildman–Crippen MR) is 339 cm³/mol. The minimum atomic E-state index is -0.155. The number of rotatable bonds is 25. The molecule has 21 heteroatoms. The fraction of sp³-hybridized carbons (Fsp3) is 0.265. The number of aliphatic hydroxyl groups excluding tert-OH is 6. The van der Waals surface area contributed by atoms with Crippen LogP contribution in [-0.4, -0.2) is 106 Å². The van der Waals surface area contributed by atoms with Gasteiger partial charge in [-0.25, -0.2) is 0 Å². The van der Waals surface area contributed by atoms with Crippen molar-refractivity contribution in [2.75, 3.05) is 42.7 Å².